The molecular weight excluding hydrogens is 310 g/mol. The lowest BCUT2D eigenvalue weighted by atomic mass is 10.2. The second-order valence-electron chi connectivity index (χ2n) is 5.48. The van der Waals surface area contributed by atoms with E-state index >= 15 is 0 Å². The highest BCUT2D eigenvalue weighted by atomic mass is 32.1. The summed E-state index contributed by atoms with van der Waals surface area (Å²) in [6.07, 6.45) is 3.62. The van der Waals surface area contributed by atoms with E-state index in [1.807, 2.05) is 25.3 Å². The molecule has 0 atom stereocenters. The van der Waals surface area contributed by atoms with E-state index in [4.69, 9.17) is 0 Å². The van der Waals surface area contributed by atoms with Crippen molar-refractivity contribution in [1.29, 1.82) is 0 Å². The fourth-order valence-corrected chi connectivity index (χ4v) is 2.86. The van der Waals surface area contributed by atoms with E-state index in [1.165, 1.54) is 11.3 Å². The predicted octanol–water partition coefficient (Wildman–Crippen LogP) is 3.14. The summed E-state index contributed by atoms with van der Waals surface area (Å²) < 4.78 is 0. The molecule has 0 aliphatic rings. The van der Waals surface area contributed by atoms with Crippen molar-refractivity contribution in [2.75, 3.05) is 11.9 Å². The molecule has 1 amide bonds. The Morgan fingerprint density at radius 1 is 1.17 bits per heavy atom. The number of thiazole rings is 1. The number of aromatic nitrogens is 3. The smallest absolute Gasteiger partial charge is 0.229 e. The molecule has 6 nitrogen and oxygen atoms in total. The van der Waals surface area contributed by atoms with Gasteiger partial charge in [-0.2, -0.15) is 0 Å². The Balaban J connectivity index is 1.86. The van der Waals surface area contributed by atoms with Crippen LogP contribution in [0.25, 0.3) is 0 Å². The number of unbranched alkanes of at least 4 members (excludes halogenated alkanes) is 2. The maximum atomic E-state index is 11.8. The zero-order valence-corrected chi connectivity index (χ0v) is 14.7. The van der Waals surface area contributed by atoms with E-state index in [1.54, 1.807) is 0 Å². The molecule has 0 fully saturated rings. The van der Waals surface area contributed by atoms with Gasteiger partial charge in [0.1, 0.15) is 0 Å². The number of amides is 1. The molecule has 124 valence electrons. The molecule has 2 rings (SSSR count). The Labute approximate surface area is 140 Å². The quantitative estimate of drug-likeness (QED) is 0.726. The molecule has 0 aliphatic carbocycles. The van der Waals surface area contributed by atoms with Crippen LogP contribution in [-0.2, 0) is 11.2 Å². The van der Waals surface area contributed by atoms with Gasteiger partial charge >= 0.3 is 0 Å². The van der Waals surface area contributed by atoms with Crippen molar-refractivity contribution in [3.63, 3.8) is 0 Å². The fraction of sp³-hybridized carbons (Fsp3) is 0.500. The first kappa shape index (κ1) is 17.3. The maximum absolute atomic E-state index is 11.8. The van der Waals surface area contributed by atoms with Crippen LogP contribution in [0.3, 0.4) is 0 Å². The molecule has 0 spiro atoms. The largest absolute Gasteiger partial charge is 0.356 e. The first-order valence-corrected chi connectivity index (χ1v) is 8.75. The number of carbonyl (C=O) groups excluding carboxylic acids is 1. The minimum absolute atomic E-state index is 0.0144. The van der Waals surface area contributed by atoms with E-state index in [-0.39, 0.29) is 5.91 Å². The Morgan fingerprint density at radius 2 is 1.91 bits per heavy atom. The minimum atomic E-state index is 0.0144. The van der Waals surface area contributed by atoms with Gasteiger partial charge in [0, 0.05) is 23.3 Å². The monoisotopic (exact) mass is 333 g/mol. The van der Waals surface area contributed by atoms with Crippen molar-refractivity contribution in [1.82, 2.24) is 20.3 Å². The van der Waals surface area contributed by atoms with E-state index in [9.17, 15) is 4.79 Å². The molecule has 0 aromatic carbocycles. The molecular formula is C16H23N5OS. The zero-order chi connectivity index (χ0) is 16.7. The number of carbonyl (C=O) groups is 1. The normalized spacial score (nSPS) is 10.6. The fourth-order valence-electron chi connectivity index (χ4n) is 2.15. The van der Waals surface area contributed by atoms with Crippen LogP contribution in [-0.4, -0.2) is 27.4 Å². The number of anilines is 2. The van der Waals surface area contributed by atoms with E-state index < -0.39 is 0 Å². The predicted molar refractivity (Wildman–Crippen MR) is 93.1 cm³/mol. The molecule has 0 saturated heterocycles. The number of nitrogens with zero attached hydrogens (tertiary/aromatic N) is 3. The zero-order valence-electron chi connectivity index (χ0n) is 13.8. The summed E-state index contributed by atoms with van der Waals surface area (Å²) in [6.45, 7) is 6.73. The second-order valence-corrected chi connectivity index (χ2v) is 6.34. The van der Waals surface area contributed by atoms with Gasteiger partial charge in [-0.1, -0.05) is 19.8 Å². The van der Waals surface area contributed by atoms with Crippen molar-refractivity contribution < 1.29 is 4.79 Å². The molecule has 0 saturated carbocycles. The summed E-state index contributed by atoms with van der Waals surface area (Å²) in [4.78, 5) is 24.9. The van der Waals surface area contributed by atoms with Crippen molar-refractivity contribution in [3.05, 3.63) is 28.5 Å². The van der Waals surface area contributed by atoms with Gasteiger partial charge in [0.15, 0.2) is 5.13 Å². The van der Waals surface area contributed by atoms with E-state index in [0.717, 1.165) is 42.9 Å². The SMILES string of the molecule is CCCCCNC(=O)Cc1csc(Nc2nc(C)cc(C)n2)n1. The minimum Gasteiger partial charge on any atom is -0.356 e. The Bertz CT molecular complexity index is 635. The van der Waals surface area contributed by atoms with Crippen LogP contribution < -0.4 is 10.6 Å². The Hall–Kier alpha value is -2.02. The third-order valence-electron chi connectivity index (χ3n) is 3.20. The standard InChI is InChI=1S/C16H23N5OS/c1-4-5-6-7-17-14(22)9-13-10-23-16(20-13)21-15-18-11(2)8-12(3)19-15/h8,10H,4-7,9H2,1-3H3,(H,17,22)(H,18,19,20,21). The van der Waals surface area contributed by atoms with Crippen LogP contribution in [0.15, 0.2) is 11.4 Å². The lowest BCUT2D eigenvalue weighted by molar-refractivity contribution is -0.120. The van der Waals surface area contributed by atoms with Gasteiger partial charge in [-0.15, -0.1) is 11.3 Å². The number of nitrogens with one attached hydrogen (secondary N) is 2. The topological polar surface area (TPSA) is 79.8 Å². The third-order valence-corrected chi connectivity index (χ3v) is 4.00. The van der Waals surface area contributed by atoms with Crippen LogP contribution in [0, 0.1) is 13.8 Å². The van der Waals surface area contributed by atoms with Crippen LogP contribution >= 0.6 is 11.3 Å². The van der Waals surface area contributed by atoms with Gasteiger partial charge in [0.2, 0.25) is 11.9 Å². The van der Waals surface area contributed by atoms with E-state index in [0.29, 0.717) is 17.5 Å². The van der Waals surface area contributed by atoms with Gasteiger partial charge in [-0.3, -0.25) is 4.79 Å². The molecule has 0 unspecified atom stereocenters. The van der Waals surface area contributed by atoms with Crippen molar-refractivity contribution in [2.45, 2.75) is 46.5 Å². The summed E-state index contributed by atoms with van der Waals surface area (Å²) >= 11 is 1.45. The van der Waals surface area contributed by atoms with Crippen LogP contribution in [0.1, 0.15) is 43.3 Å². The summed E-state index contributed by atoms with van der Waals surface area (Å²) in [5, 5.41) is 8.60. The molecule has 7 heteroatoms. The molecule has 0 bridgehead atoms. The first-order valence-electron chi connectivity index (χ1n) is 7.87. The second kappa shape index (κ2) is 8.57. The van der Waals surface area contributed by atoms with Gasteiger partial charge in [0.25, 0.3) is 0 Å². The van der Waals surface area contributed by atoms with Crippen molar-refractivity contribution in [2.24, 2.45) is 0 Å². The van der Waals surface area contributed by atoms with Gasteiger partial charge < -0.3 is 10.6 Å². The van der Waals surface area contributed by atoms with Crippen molar-refractivity contribution >= 4 is 28.3 Å². The summed E-state index contributed by atoms with van der Waals surface area (Å²) in [6, 6.07) is 1.92. The van der Waals surface area contributed by atoms with Gasteiger partial charge in [-0.05, 0) is 26.3 Å². The lowest BCUT2D eigenvalue weighted by Gasteiger charge is -2.04. The highest BCUT2D eigenvalue weighted by Crippen LogP contribution is 2.19. The molecule has 23 heavy (non-hydrogen) atoms. The third kappa shape index (κ3) is 5.94. The highest BCUT2D eigenvalue weighted by Gasteiger charge is 2.09. The number of hydrogen-bond donors (Lipinski definition) is 2. The molecule has 0 radical (unpaired) electrons. The number of hydrogen-bond acceptors (Lipinski definition) is 6. The van der Waals surface area contributed by atoms with Crippen LogP contribution in [0.2, 0.25) is 0 Å². The summed E-state index contributed by atoms with van der Waals surface area (Å²) in [7, 11) is 0. The molecule has 2 aromatic rings. The van der Waals surface area contributed by atoms with Crippen LogP contribution in [0.5, 0.6) is 0 Å². The Kier molecular flexibility index (Phi) is 6.46. The molecule has 2 heterocycles. The molecule has 0 aliphatic heterocycles. The summed E-state index contributed by atoms with van der Waals surface area (Å²) in [5.41, 5.74) is 2.57. The highest BCUT2D eigenvalue weighted by molar-refractivity contribution is 7.13. The first-order chi connectivity index (χ1) is 11.1. The average molecular weight is 333 g/mol. The summed E-state index contributed by atoms with van der Waals surface area (Å²) in [5.74, 6) is 0.549. The van der Waals surface area contributed by atoms with Crippen molar-refractivity contribution in [3.8, 4) is 0 Å². The lowest BCUT2D eigenvalue weighted by Crippen LogP contribution is -2.26. The number of aryl methyl sites for hydroxylation is 2. The average Bonchev–Trinajstić information content (AvgIpc) is 2.89. The Morgan fingerprint density at radius 3 is 2.61 bits per heavy atom. The molecule has 2 N–H and O–H groups in total. The van der Waals surface area contributed by atoms with E-state index in [2.05, 4.69) is 32.5 Å². The van der Waals surface area contributed by atoms with Gasteiger partial charge in [-0.25, -0.2) is 15.0 Å². The van der Waals surface area contributed by atoms with Gasteiger partial charge in [0.05, 0.1) is 12.1 Å². The molecule has 2 aromatic heterocycles. The van der Waals surface area contributed by atoms with Crippen LogP contribution in [0.4, 0.5) is 11.1 Å². The maximum Gasteiger partial charge on any atom is 0.229 e. The number of rotatable bonds is 8.